The lowest BCUT2D eigenvalue weighted by Gasteiger charge is -2.14. The predicted octanol–water partition coefficient (Wildman–Crippen LogP) is 5.15. The molecule has 0 bridgehead atoms. The third-order valence-corrected chi connectivity index (χ3v) is 5.95. The van der Waals surface area contributed by atoms with Gasteiger partial charge in [-0.25, -0.2) is 9.59 Å². The average Bonchev–Trinajstić information content (AvgIpc) is 3.42. The molecule has 168 valence electrons. The second-order valence-electron chi connectivity index (χ2n) is 8.09. The van der Waals surface area contributed by atoms with Gasteiger partial charge in [-0.15, -0.1) is 0 Å². The van der Waals surface area contributed by atoms with E-state index >= 15 is 0 Å². The number of amides is 1. The van der Waals surface area contributed by atoms with Crippen LogP contribution in [-0.2, 0) is 4.74 Å². The molecule has 6 heteroatoms. The first-order chi connectivity index (χ1) is 16.6. The lowest BCUT2D eigenvalue weighted by molar-refractivity contribution is 0.0691. The third-order valence-electron chi connectivity index (χ3n) is 5.95. The van der Waals surface area contributed by atoms with Crippen LogP contribution in [0.4, 0.5) is 4.79 Å². The summed E-state index contributed by atoms with van der Waals surface area (Å²) >= 11 is 0. The van der Waals surface area contributed by atoms with E-state index in [0.717, 1.165) is 16.5 Å². The Labute approximate surface area is 196 Å². The maximum atomic E-state index is 12.2. The number of carboxylic acids is 1. The summed E-state index contributed by atoms with van der Waals surface area (Å²) in [5.74, 6) is 5.10. The van der Waals surface area contributed by atoms with Gasteiger partial charge >= 0.3 is 12.1 Å². The van der Waals surface area contributed by atoms with Crippen LogP contribution in [0.15, 0.2) is 72.8 Å². The van der Waals surface area contributed by atoms with Crippen molar-refractivity contribution in [3.63, 3.8) is 0 Å². The summed E-state index contributed by atoms with van der Waals surface area (Å²) in [6, 6.07) is 23.5. The summed E-state index contributed by atoms with van der Waals surface area (Å²) in [4.78, 5) is 26.2. The molecule has 34 heavy (non-hydrogen) atoms. The number of aromatic nitrogens is 1. The van der Waals surface area contributed by atoms with Crippen LogP contribution in [-0.4, -0.2) is 35.3 Å². The van der Waals surface area contributed by atoms with E-state index in [1.54, 1.807) is 6.07 Å². The Morgan fingerprint density at radius 2 is 1.68 bits per heavy atom. The van der Waals surface area contributed by atoms with Crippen LogP contribution in [0.5, 0.6) is 0 Å². The number of aromatic carboxylic acids is 1. The fourth-order valence-corrected chi connectivity index (χ4v) is 4.36. The zero-order valence-electron chi connectivity index (χ0n) is 18.3. The van der Waals surface area contributed by atoms with Crippen molar-refractivity contribution in [3.05, 3.63) is 95.2 Å². The van der Waals surface area contributed by atoms with Crippen molar-refractivity contribution in [2.75, 3.05) is 13.2 Å². The van der Waals surface area contributed by atoms with Crippen molar-refractivity contribution in [3.8, 4) is 23.0 Å². The number of carboxylic acid groups (broad SMARTS) is 1. The normalized spacial score (nSPS) is 11.9. The molecule has 0 radical (unpaired) electrons. The predicted molar refractivity (Wildman–Crippen MR) is 130 cm³/mol. The quantitative estimate of drug-likeness (QED) is 0.290. The average molecular weight is 450 g/mol. The monoisotopic (exact) mass is 450 g/mol. The van der Waals surface area contributed by atoms with Crippen molar-refractivity contribution in [1.82, 2.24) is 10.3 Å². The van der Waals surface area contributed by atoms with Crippen molar-refractivity contribution in [1.29, 1.82) is 0 Å². The van der Waals surface area contributed by atoms with Gasteiger partial charge in [-0.05, 0) is 40.5 Å². The Kier molecular flexibility index (Phi) is 5.75. The maximum absolute atomic E-state index is 12.2. The summed E-state index contributed by atoms with van der Waals surface area (Å²) in [5, 5.41) is 12.7. The highest BCUT2D eigenvalue weighted by molar-refractivity contribution is 5.94. The highest BCUT2D eigenvalue weighted by atomic mass is 16.5. The van der Waals surface area contributed by atoms with Gasteiger partial charge < -0.3 is 20.1 Å². The van der Waals surface area contributed by atoms with Crippen molar-refractivity contribution >= 4 is 23.0 Å². The summed E-state index contributed by atoms with van der Waals surface area (Å²) in [6.07, 6.45) is 0.00512. The van der Waals surface area contributed by atoms with Gasteiger partial charge in [0.05, 0.1) is 0 Å². The second kappa shape index (κ2) is 9.16. The molecule has 0 fully saturated rings. The van der Waals surface area contributed by atoms with Crippen LogP contribution in [0.1, 0.15) is 39.5 Å². The number of nitrogens with one attached hydrogen (secondary N) is 2. The molecule has 0 aliphatic heterocycles. The summed E-state index contributed by atoms with van der Waals surface area (Å²) in [5.41, 5.74) is 6.38. The number of carbonyl (C=O) groups is 2. The molecule has 1 amide bonds. The summed E-state index contributed by atoms with van der Waals surface area (Å²) in [6.45, 7) is 0.650. The van der Waals surface area contributed by atoms with Gasteiger partial charge in [0, 0.05) is 35.3 Å². The van der Waals surface area contributed by atoms with Crippen LogP contribution < -0.4 is 5.32 Å². The lowest BCUT2D eigenvalue weighted by atomic mass is 9.98. The Balaban J connectivity index is 1.13. The standard InChI is InChI=1S/C28H22N2O4/c31-27(32)26-16-19-13-12-18(15-25(19)30-26)7-5-6-14-29-28(33)34-17-24-22-10-3-1-8-20(22)21-9-2-4-11-23(21)24/h1-4,8-13,15-16,24,30H,6,14,17H2,(H,29,33)(H,31,32). The van der Waals surface area contributed by atoms with E-state index in [-0.39, 0.29) is 18.2 Å². The first kappa shape index (κ1) is 21.4. The molecular weight excluding hydrogens is 428 g/mol. The Morgan fingerprint density at radius 3 is 2.38 bits per heavy atom. The molecule has 0 atom stereocenters. The SMILES string of the molecule is O=C(NCCC#Cc1ccc2cc(C(=O)O)[nH]c2c1)OCC1c2ccccc2-c2ccccc21. The van der Waals surface area contributed by atoms with Gasteiger partial charge in [0.2, 0.25) is 0 Å². The van der Waals surface area contributed by atoms with E-state index in [0.29, 0.717) is 13.0 Å². The van der Waals surface area contributed by atoms with Crippen LogP contribution in [0.25, 0.3) is 22.0 Å². The molecule has 0 spiro atoms. The number of aromatic amines is 1. The number of carbonyl (C=O) groups excluding carboxylic acids is 1. The zero-order valence-corrected chi connectivity index (χ0v) is 18.3. The first-order valence-electron chi connectivity index (χ1n) is 11.0. The second-order valence-corrected chi connectivity index (χ2v) is 8.09. The van der Waals surface area contributed by atoms with Crippen LogP contribution in [0.2, 0.25) is 0 Å². The molecule has 3 aromatic carbocycles. The van der Waals surface area contributed by atoms with Gasteiger partial charge in [-0.2, -0.15) is 0 Å². The van der Waals surface area contributed by atoms with Crippen molar-refractivity contribution in [2.45, 2.75) is 12.3 Å². The van der Waals surface area contributed by atoms with E-state index in [4.69, 9.17) is 9.84 Å². The fourth-order valence-electron chi connectivity index (χ4n) is 4.36. The molecule has 4 aromatic rings. The van der Waals surface area contributed by atoms with Crippen molar-refractivity contribution in [2.24, 2.45) is 0 Å². The number of fused-ring (bicyclic) bond motifs is 4. The molecule has 3 N–H and O–H groups in total. The van der Waals surface area contributed by atoms with E-state index < -0.39 is 12.1 Å². The third kappa shape index (κ3) is 4.24. The number of ether oxygens (including phenoxy) is 1. The van der Waals surface area contributed by atoms with Gasteiger partial charge in [0.1, 0.15) is 12.3 Å². The molecule has 0 saturated heterocycles. The number of alkyl carbamates (subject to hydrolysis) is 1. The molecule has 1 heterocycles. The molecule has 1 aliphatic carbocycles. The molecule has 5 rings (SSSR count). The van der Waals surface area contributed by atoms with E-state index in [2.05, 4.69) is 46.4 Å². The zero-order chi connectivity index (χ0) is 23.5. The molecule has 0 saturated carbocycles. The smallest absolute Gasteiger partial charge is 0.407 e. The van der Waals surface area contributed by atoms with E-state index in [1.807, 2.05) is 42.5 Å². The van der Waals surface area contributed by atoms with Crippen LogP contribution in [0, 0.1) is 11.8 Å². The molecule has 0 unspecified atom stereocenters. The van der Waals surface area contributed by atoms with Gasteiger partial charge in [0.25, 0.3) is 0 Å². The lowest BCUT2D eigenvalue weighted by Crippen LogP contribution is -2.26. The van der Waals surface area contributed by atoms with Crippen molar-refractivity contribution < 1.29 is 19.4 Å². The summed E-state index contributed by atoms with van der Waals surface area (Å²) < 4.78 is 5.52. The number of H-pyrrole nitrogens is 1. The molecular formula is C28H22N2O4. The minimum atomic E-state index is -0.997. The van der Waals surface area contributed by atoms with Gasteiger partial charge in [-0.3, -0.25) is 0 Å². The topological polar surface area (TPSA) is 91.4 Å². The van der Waals surface area contributed by atoms with Crippen LogP contribution in [0.3, 0.4) is 0 Å². The number of hydrogen-bond acceptors (Lipinski definition) is 3. The molecule has 1 aliphatic rings. The first-order valence-corrected chi connectivity index (χ1v) is 11.0. The largest absolute Gasteiger partial charge is 0.477 e. The number of hydrogen-bond donors (Lipinski definition) is 3. The minimum absolute atomic E-state index is 0.0301. The molecule has 6 nitrogen and oxygen atoms in total. The van der Waals surface area contributed by atoms with E-state index in [1.165, 1.54) is 22.3 Å². The fraction of sp³-hybridized carbons (Fsp3) is 0.143. The van der Waals surface area contributed by atoms with E-state index in [9.17, 15) is 9.59 Å². The Morgan fingerprint density at radius 1 is 0.971 bits per heavy atom. The summed E-state index contributed by atoms with van der Waals surface area (Å²) in [7, 11) is 0. The van der Waals surface area contributed by atoms with Gasteiger partial charge in [0.15, 0.2) is 0 Å². The van der Waals surface area contributed by atoms with Crippen LogP contribution >= 0.6 is 0 Å². The van der Waals surface area contributed by atoms with Gasteiger partial charge in [-0.1, -0.05) is 66.4 Å². The highest BCUT2D eigenvalue weighted by Gasteiger charge is 2.28. The highest BCUT2D eigenvalue weighted by Crippen LogP contribution is 2.44. The number of rotatable bonds is 5. The minimum Gasteiger partial charge on any atom is -0.477 e. The Bertz CT molecular complexity index is 1410. The molecule has 1 aromatic heterocycles. The Hall–Kier alpha value is -4.50. The maximum Gasteiger partial charge on any atom is 0.407 e. The number of benzene rings is 3.